The number of hydrogen-bond donors (Lipinski definition) is 2. The molecular weight excluding hydrogens is 351 g/mol. The molecule has 0 bridgehead atoms. The van der Waals surface area contributed by atoms with Crippen LogP contribution in [0.2, 0.25) is 0 Å². The fourth-order valence-electron chi connectivity index (χ4n) is 4.01. The summed E-state index contributed by atoms with van der Waals surface area (Å²) in [6, 6.07) is 23.1. The van der Waals surface area contributed by atoms with Crippen molar-refractivity contribution in [2.75, 3.05) is 6.54 Å². The second-order valence-corrected chi connectivity index (χ2v) is 7.16. The first-order valence-corrected chi connectivity index (χ1v) is 9.58. The van der Waals surface area contributed by atoms with E-state index >= 15 is 0 Å². The smallest absolute Gasteiger partial charge is 0.128 e. The number of rotatable bonds is 4. The number of benzene rings is 3. The zero-order chi connectivity index (χ0) is 18.9. The maximum absolute atomic E-state index is 14.4. The highest BCUT2D eigenvalue weighted by Crippen LogP contribution is 2.35. The molecule has 1 unspecified atom stereocenters. The molecule has 0 amide bonds. The molecule has 140 valence electrons. The molecule has 2 N–H and O–H groups in total. The Morgan fingerprint density at radius 2 is 1.79 bits per heavy atom. The zero-order valence-electron chi connectivity index (χ0n) is 15.4. The Kier molecular flexibility index (Phi) is 4.34. The number of aromatic nitrogens is 1. The largest absolute Gasteiger partial charge is 0.489 e. The van der Waals surface area contributed by atoms with Crippen molar-refractivity contribution in [2.24, 2.45) is 0 Å². The standard InChI is InChI=1S/C24H21FN2O/c25-21-9-5-4-8-19(21)23-24-18(12-13-26-23)20-14-17(10-11-22(20)27-24)28-15-16-6-2-1-3-7-16/h1-11,14,23,26-27H,12-13,15H2. The van der Waals surface area contributed by atoms with Crippen molar-refractivity contribution >= 4 is 10.9 Å². The van der Waals surface area contributed by atoms with E-state index in [4.69, 9.17) is 4.74 Å². The van der Waals surface area contributed by atoms with Crippen LogP contribution < -0.4 is 10.1 Å². The fourth-order valence-corrected chi connectivity index (χ4v) is 4.01. The molecule has 0 saturated heterocycles. The van der Waals surface area contributed by atoms with Crippen LogP contribution in [0.25, 0.3) is 10.9 Å². The minimum atomic E-state index is -0.182. The highest BCUT2D eigenvalue weighted by atomic mass is 19.1. The summed E-state index contributed by atoms with van der Waals surface area (Å²) in [6.07, 6.45) is 0.905. The van der Waals surface area contributed by atoms with E-state index in [1.807, 2.05) is 42.5 Å². The SMILES string of the molecule is Fc1ccccc1C1NCCc2c1[nH]c1ccc(OCc3ccccc3)cc21. The Hall–Kier alpha value is -3.11. The van der Waals surface area contributed by atoms with Crippen LogP contribution in [0.1, 0.15) is 28.4 Å². The summed E-state index contributed by atoms with van der Waals surface area (Å²) in [6.45, 7) is 1.35. The van der Waals surface area contributed by atoms with Crippen molar-refractivity contribution in [3.05, 3.63) is 101 Å². The lowest BCUT2D eigenvalue weighted by molar-refractivity contribution is 0.306. The second kappa shape index (κ2) is 7.13. The molecule has 0 radical (unpaired) electrons. The molecule has 28 heavy (non-hydrogen) atoms. The van der Waals surface area contributed by atoms with Gasteiger partial charge in [-0.3, -0.25) is 0 Å². The minimum Gasteiger partial charge on any atom is -0.489 e. The Balaban J connectivity index is 1.49. The van der Waals surface area contributed by atoms with Gasteiger partial charge in [-0.05, 0) is 41.8 Å². The molecule has 4 aromatic rings. The maximum Gasteiger partial charge on any atom is 0.128 e. The van der Waals surface area contributed by atoms with Crippen LogP contribution in [0.15, 0.2) is 72.8 Å². The topological polar surface area (TPSA) is 37.0 Å². The van der Waals surface area contributed by atoms with Gasteiger partial charge < -0.3 is 15.0 Å². The third-order valence-corrected chi connectivity index (χ3v) is 5.39. The number of H-pyrrole nitrogens is 1. The average Bonchev–Trinajstić information content (AvgIpc) is 3.12. The van der Waals surface area contributed by atoms with Crippen LogP contribution in [0.4, 0.5) is 4.39 Å². The lowest BCUT2D eigenvalue weighted by Crippen LogP contribution is -2.31. The van der Waals surface area contributed by atoms with Gasteiger partial charge in [0.05, 0.1) is 6.04 Å². The van der Waals surface area contributed by atoms with Gasteiger partial charge in [0.25, 0.3) is 0 Å². The summed E-state index contributed by atoms with van der Waals surface area (Å²) < 4.78 is 20.4. The van der Waals surface area contributed by atoms with Crippen molar-refractivity contribution in [3.8, 4) is 5.75 Å². The first-order chi connectivity index (χ1) is 13.8. The summed E-state index contributed by atoms with van der Waals surface area (Å²) >= 11 is 0. The van der Waals surface area contributed by atoms with Gasteiger partial charge in [-0.1, -0.05) is 48.5 Å². The van der Waals surface area contributed by atoms with Gasteiger partial charge >= 0.3 is 0 Å². The summed E-state index contributed by atoms with van der Waals surface area (Å²) in [5, 5.41) is 4.61. The van der Waals surface area contributed by atoms with Crippen LogP contribution in [0.3, 0.4) is 0 Å². The van der Waals surface area contributed by atoms with E-state index in [0.29, 0.717) is 12.2 Å². The van der Waals surface area contributed by atoms with Crippen LogP contribution in [-0.4, -0.2) is 11.5 Å². The zero-order valence-corrected chi connectivity index (χ0v) is 15.4. The quantitative estimate of drug-likeness (QED) is 0.522. The fraction of sp³-hybridized carbons (Fsp3) is 0.167. The lowest BCUT2D eigenvalue weighted by Gasteiger charge is -2.25. The van der Waals surface area contributed by atoms with Crippen LogP contribution >= 0.6 is 0 Å². The molecule has 2 heterocycles. The van der Waals surface area contributed by atoms with Gasteiger partial charge in [-0.15, -0.1) is 0 Å². The number of nitrogens with one attached hydrogen (secondary N) is 2. The van der Waals surface area contributed by atoms with Gasteiger partial charge in [-0.2, -0.15) is 0 Å². The monoisotopic (exact) mass is 372 g/mol. The Morgan fingerprint density at radius 3 is 2.64 bits per heavy atom. The predicted molar refractivity (Wildman–Crippen MR) is 109 cm³/mol. The third-order valence-electron chi connectivity index (χ3n) is 5.39. The molecule has 0 saturated carbocycles. The molecule has 1 aliphatic rings. The van der Waals surface area contributed by atoms with E-state index in [2.05, 4.69) is 28.5 Å². The van der Waals surface area contributed by atoms with E-state index in [1.54, 1.807) is 6.07 Å². The first-order valence-electron chi connectivity index (χ1n) is 9.58. The molecule has 1 aliphatic heterocycles. The average molecular weight is 372 g/mol. The number of aromatic amines is 1. The molecule has 1 atom stereocenters. The molecule has 1 aromatic heterocycles. The molecule has 4 heteroatoms. The number of hydrogen-bond acceptors (Lipinski definition) is 2. The van der Waals surface area contributed by atoms with Crippen molar-refractivity contribution in [1.82, 2.24) is 10.3 Å². The Morgan fingerprint density at radius 1 is 0.964 bits per heavy atom. The van der Waals surface area contributed by atoms with Crippen LogP contribution in [-0.2, 0) is 13.0 Å². The van der Waals surface area contributed by atoms with E-state index in [0.717, 1.165) is 40.9 Å². The first kappa shape index (κ1) is 17.0. The van der Waals surface area contributed by atoms with Gasteiger partial charge in [-0.25, -0.2) is 4.39 Å². The van der Waals surface area contributed by atoms with E-state index < -0.39 is 0 Å². The molecule has 0 fully saturated rings. The summed E-state index contributed by atoms with van der Waals surface area (Å²) in [4.78, 5) is 3.51. The molecule has 3 nitrogen and oxygen atoms in total. The molecule has 0 spiro atoms. The maximum atomic E-state index is 14.4. The van der Waals surface area contributed by atoms with Gasteiger partial charge in [0.2, 0.25) is 0 Å². The number of ether oxygens (including phenoxy) is 1. The van der Waals surface area contributed by atoms with Crippen LogP contribution in [0, 0.1) is 5.82 Å². The molecule has 0 aliphatic carbocycles. The highest BCUT2D eigenvalue weighted by Gasteiger charge is 2.27. The van der Waals surface area contributed by atoms with Crippen molar-refractivity contribution in [1.29, 1.82) is 0 Å². The van der Waals surface area contributed by atoms with Crippen molar-refractivity contribution in [2.45, 2.75) is 19.1 Å². The summed E-state index contributed by atoms with van der Waals surface area (Å²) in [5.41, 5.74) is 5.17. The third kappa shape index (κ3) is 3.06. The van der Waals surface area contributed by atoms with Gasteiger partial charge in [0.15, 0.2) is 0 Å². The minimum absolute atomic E-state index is 0.161. The van der Waals surface area contributed by atoms with E-state index in [9.17, 15) is 4.39 Å². The molecule has 3 aromatic carbocycles. The van der Waals surface area contributed by atoms with Crippen molar-refractivity contribution in [3.63, 3.8) is 0 Å². The Labute approximate surface area is 163 Å². The van der Waals surface area contributed by atoms with E-state index in [-0.39, 0.29) is 11.9 Å². The lowest BCUT2D eigenvalue weighted by atomic mass is 9.94. The summed E-state index contributed by atoms with van der Waals surface area (Å²) in [7, 11) is 0. The van der Waals surface area contributed by atoms with Gasteiger partial charge in [0, 0.05) is 28.7 Å². The number of fused-ring (bicyclic) bond motifs is 3. The van der Waals surface area contributed by atoms with Crippen molar-refractivity contribution < 1.29 is 9.13 Å². The molecule has 5 rings (SSSR count). The van der Waals surface area contributed by atoms with E-state index in [1.165, 1.54) is 11.6 Å². The predicted octanol–water partition coefficient (Wildman–Crippen LogP) is 5.12. The summed E-state index contributed by atoms with van der Waals surface area (Å²) in [5.74, 6) is 0.664. The highest BCUT2D eigenvalue weighted by molar-refractivity contribution is 5.86. The Bertz CT molecular complexity index is 1120. The number of halogens is 1. The van der Waals surface area contributed by atoms with Crippen LogP contribution in [0.5, 0.6) is 5.75 Å². The second-order valence-electron chi connectivity index (χ2n) is 7.16. The van der Waals surface area contributed by atoms with Gasteiger partial charge in [0.1, 0.15) is 18.2 Å². The normalized spacial score (nSPS) is 16.1. The molecular formula is C24H21FN2O.